The van der Waals surface area contributed by atoms with E-state index in [1.165, 1.54) is 0 Å². The number of nitrogens with one attached hydrogen (secondary N) is 1. The van der Waals surface area contributed by atoms with Crippen LogP contribution in [-0.2, 0) is 9.47 Å². The molecule has 0 saturated carbocycles. The number of thiophene rings is 1. The van der Waals surface area contributed by atoms with Crippen molar-refractivity contribution in [2.45, 2.75) is 50.6 Å². The van der Waals surface area contributed by atoms with Gasteiger partial charge in [-0.3, -0.25) is 10.2 Å². The van der Waals surface area contributed by atoms with E-state index < -0.39 is 5.60 Å². The van der Waals surface area contributed by atoms with Crippen molar-refractivity contribution in [1.29, 1.82) is 0 Å². The number of alkyl halides is 1. The van der Waals surface area contributed by atoms with E-state index in [0.717, 1.165) is 28.1 Å². The van der Waals surface area contributed by atoms with Gasteiger partial charge in [-0.15, -0.1) is 11.3 Å². The van der Waals surface area contributed by atoms with Crippen LogP contribution in [0.1, 0.15) is 38.2 Å². The van der Waals surface area contributed by atoms with Crippen LogP contribution in [0.25, 0.3) is 10.2 Å². The predicted molar refractivity (Wildman–Crippen MR) is 117 cm³/mol. The third kappa shape index (κ3) is 5.20. The Hall–Kier alpha value is -1.52. The lowest BCUT2D eigenvalue weighted by Crippen LogP contribution is -2.50. The second kappa shape index (κ2) is 8.92. The Balaban J connectivity index is 1.50. The van der Waals surface area contributed by atoms with Gasteiger partial charge in [0.2, 0.25) is 0 Å². The molecule has 8 nitrogen and oxygen atoms in total. The van der Waals surface area contributed by atoms with Crippen LogP contribution in [0.5, 0.6) is 0 Å². The molecule has 0 aliphatic carbocycles. The van der Waals surface area contributed by atoms with Crippen molar-refractivity contribution in [2.75, 3.05) is 32.8 Å². The van der Waals surface area contributed by atoms with Crippen LogP contribution in [-0.4, -0.2) is 75.9 Å². The molecule has 0 aromatic carbocycles. The Morgan fingerprint density at radius 3 is 2.97 bits per heavy atom. The standard InChI is InChI=1S/C20H28ClN5O3S/c1-20(2,3)29-19(27)26-5-4-13(10-26)24-18(25-6-7-28-17(21)11-25)15-8-14-16(30-15)9-22-12-23-14/h8-9,12-13,17-18,24H,4-7,10-11H2,1-3H3. The lowest BCUT2D eigenvalue weighted by Gasteiger charge is -2.37. The molecule has 0 bridgehead atoms. The van der Waals surface area contributed by atoms with Crippen molar-refractivity contribution in [2.24, 2.45) is 0 Å². The van der Waals surface area contributed by atoms with Crippen LogP contribution in [0.2, 0.25) is 0 Å². The second-order valence-corrected chi connectivity index (χ2v) is 10.3. The van der Waals surface area contributed by atoms with Crippen molar-refractivity contribution in [3.8, 4) is 0 Å². The van der Waals surface area contributed by atoms with Gasteiger partial charge in [-0.2, -0.15) is 0 Å². The molecule has 2 aliphatic rings. The topological polar surface area (TPSA) is 79.8 Å². The Kier molecular flexibility index (Phi) is 6.45. The number of halogens is 1. The largest absolute Gasteiger partial charge is 0.444 e. The number of hydrogen-bond acceptors (Lipinski definition) is 8. The Morgan fingerprint density at radius 1 is 1.40 bits per heavy atom. The zero-order valence-electron chi connectivity index (χ0n) is 17.5. The maximum absolute atomic E-state index is 12.4. The Morgan fingerprint density at radius 2 is 2.23 bits per heavy atom. The van der Waals surface area contributed by atoms with Gasteiger partial charge in [0.05, 0.1) is 23.0 Å². The third-order valence-electron chi connectivity index (χ3n) is 5.14. The van der Waals surface area contributed by atoms with Crippen LogP contribution in [0, 0.1) is 0 Å². The summed E-state index contributed by atoms with van der Waals surface area (Å²) < 4.78 is 12.1. The van der Waals surface area contributed by atoms with Gasteiger partial charge in [0, 0.05) is 43.3 Å². The highest BCUT2D eigenvalue weighted by Gasteiger charge is 2.34. The number of nitrogens with zero attached hydrogens (tertiary/aromatic N) is 4. The van der Waals surface area contributed by atoms with E-state index in [9.17, 15) is 4.79 Å². The highest BCUT2D eigenvalue weighted by molar-refractivity contribution is 7.19. The van der Waals surface area contributed by atoms with E-state index in [2.05, 4.69) is 26.3 Å². The molecule has 4 rings (SSSR count). The molecule has 2 fully saturated rings. The zero-order chi connectivity index (χ0) is 21.3. The minimum absolute atomic E-state index is 0.0297. The Bertz CT molecular complexity index is 856. The van der Waals surface area contributed by atoms with Crippen LogP contribution in [0.3, 0.4) is 0 Å². The minimum Gasteiger partial charge on any atom is -0.444 e. The smallest absolute Gasteiger partial charge is 0.410 e. The number of amides is 1. The lowest BCUT2D eigenvalue weighted by molar-refractivity contribution is -0.0138. The highest BCUT2D eigenvalue weighted by Crippen LogP contribution is 2.32. The molecule has 3 unspecified atom stereocenters. The molecule has 2 aromatic rings. The summed E-state index contributed by atoms with van der Waals surface area (Å²) in [5, 5.41) is 3.76. The van der Waals surface area contributed by atoms with Gasteiger partial charge in [-0.25, -0.2) is 14.8 Å². The van der Waals surface area contributed by atoms with Crippen molar-refractivity contribution in [3.63, 3.8) is 0 Å². The van der Waals surface area contributed by atoms with Crippen molar-refractivity contribution in [3.05, 3.63) is 23.5 Å². The summed E-state index contributed by atoms with van der Waals surface area (Å²) in [5.41, 5.74) is 0.111. The zero-order valence-corrected chi connectivity index (χ0v) is 19.1. The number of rotatable bonds is 4. The van der Waals surface area contributed by atoms with E-state index in [0.29, 0.717) is 26.2 Å². The molecule has 3 atom stereocenters. The number of aromatic nitrogens is 2. The summed E-state index contributed by atoms with van der Waals surface area (Å²) in [7, 11) is 0. The number of ether oxygens (including phenoxy) is 2. The molecule has 1 N–H and O–H groups in total. The van der Waals surface area contributed by atoms with Gasteiger partial charge < -0.3 is 14.4 Å². The fourth-order valence-corrected chi connectivity index (χ4v) is 5.13. The molecule has 0 spiro atoms. The quantitative estimate of drug-likeness (QED) is 0.712. The maximum Gasteiger partial charge on any atom is 0.410 e. The molecule has 1 amide bonds. The first-order valence-corrected chi connectivity index (χ1v) is 11.5. The average molecular weight is 454 g/mol. The summed E-state index contributed by atoms with van der Waals surface area (Å²) in [6.07, 6.45) is 4.00. The average Bonchev–Trinajstić information content (AvgIpc) is 3.31. The molecule has 30 heavy (non-hydrogen) atoms. The maximum atomic E-state index is 12.4. The molecule has 164 valence electrons. The number of likely N-dealkylation sites (tertiary alicyclic amines) is 1. The van der Waals surface area contributed by atoms with Gasteiger partial charge in [-0.1, -0.05) is 11.6 Å². The number of fused-ring (bicyclic) bond motifs is 1. The molecule has 0 radical (unpaired) electrons. The van der Waals surface area contributed by atoms with Gasteiger partial charge in [0.15, 0.2) is 0 Å². The van der Waals surface area contributed by atoms with Crippen molar-refractivity contribution in [1.82, 2.24) is 25.1 Å². The summed E-state index contributed by atoms with van der Waals surface area (Å²) in [6.45, 7) is 8.95. The van der Waals surface area contributed by atoms with E-state index >= 15 is 0 Å². The number of hydrogen-bond donors (Lipinski definition) is 1. The summed E-state index contributed by atoms with van der Waals surface area (Å²) in [4.78, 5) is 26.2. The highest BCUT2D eigenvalue weighted by atomic mass is 35.5. The van der Waals surface area contributed by atoms with E-state index in [1.807, 2.05) is 27.0 Å². The first kappa shape index (κ1) is 21.7. The third-order valence-corrected chi connectivity index (χ3v) is 6.51. The van der Waals surface area contributed by atoms with E-state index in [-0.39, 0.29) is 23.9 Å². The predicted octanol–water partition coefficient (Wildman–Crippen LogP) is 3.19. The first-order chi connectivity index (χ1) is 14.3. The minimum atomic E-state index is -0.494. The Labute approximate surface area is 185 Å². The number of carbonyl (C=O) groups excluding carboxylic acids is 1. The van der Waals surface area contributed by atoms with Crippen LogP contribution in [0.4, 0.5) is 4.79 Å². The molecule has 10 heteroatoms. The summed E-state index contributed by atoms with van der Waals surface area (Å²) in [6, 6.07) is 2.27. The van der Waals surface area contributed by atoms with Crippen LogP contribution in [0.15, 0.2) is 18.6 Å². The molecule has 2 aliphatic heterocycles. The van der Waals surface area contributed by atoms with Gasteiger partial charge in [-0.05, 0) is 33.3 Å². The molecule has 2 aromatic heterocycles. The fourth-order valence-electron chi connectivity index (χ4n) is 3.78. The van der Waals surface area contributed by atoms with Crippen molar-refractivity contribution >= 4 is 39.2 Å². The van der Waals surface area contributed by atoms with E-state index in [4.69, 9.17) is 21.1 Å². The van der Waals surface area contributed by atoms with Crippen LogP contribution >= 0.6 is 22.9 Å². The molecule has 2 saturated heterocycles. The lowest BCUT2D eigenvalue weighted by atomic mass is 10.2. The molecular weight excluding hydrogens is 426 g/mol. The molecular formula is C20H28ClN5O3S. The van der Waals surface area contributed by atoms with E-state index in [1.54, 1.807) is 22.6 Å². The summed E-state index contributed by atoms with van der Waals surface area (Å²) >= 11 is 7.96. The number of carbonyl (C=O) groups is 1. The number of morpholine rings is 1. The van der Waals surface area contributed by atoms with Gasteiger partial charge in [0.1, 0.15) is 17.5 Å². The first-order valence-electron chi connectivity index (χ1n) is 10.2. The molecule has 4 heterocycles. The monoisotopic (exact) mass is 453 g/mol. The summed E-state index contributed by atoms with van der Waals surface area (Å²) in [5.74, 6) is 0. The van der Waals surface area contributed by atoms with Gasteiger partial charge >= 0.3 is 6.09 Å². The fraction of sp³-hybridized carbons (Fsp3) is 0.650. The normalized spacial score (nSPS) is 24.3. The van der Waals surface area contributed by atoms with Crippen molar-refractivity contribution < 1.29 is 14.3 Å². The van der Waals surface area contributed by atoms with Crippen LogP contribution < -0.4 is 5.32 Å². The van der Waals surface area contributed by atoms with Gasteiger partial charge in [0.25, 0.3) is 0 Å². The second-order valence-electron chi connectivity index (χ2n) is 8.68. The SMILES string of the molecule is CC(C)(C)OC(=O)N1CCC(NC(c2cc3ncncc3s2)N2CCOC(Cl)C2)C1.